The molecule has 1 fully saturated rings. The van der Waals surface area contributed by atoms with Gasteiger partial charge in [0.2, 0.25) is 13.3 Å². The first-order valence-electron chi connectivity index (χ1n) is 12.2. The van der Waals surface area contributed by atoms with Gasteiger partial charge in [0.1, 0.15) is 23.7 Å². The number of imide groups is 1. The zero-order valence-electron chi connectivity index (χ0n) is 21.6. The number of hydrogen-bond donors (Lipinski definition) is 3. The summed E-state index contributed by atoms with van der Waals surface area (Å²) < 4.78 is 31.3. The molecule has 9 nitrogen and oxygen atoms in total. The summed E-state index contributed by atoms with van der Waals surface area (Å²) in [5.41, 5.74) is 1.76. The minimum absolute atomic E-state index is 0.0606. The van der Waals surface area contributed by atoms with Crippen molar-refractivity contribution < 1.29 is 33.0 Å². The van der Waals surface area contributed by atoms with Crippen LogP contribution < -0.4 is 15.4 Å². The molecule has 204 valence electrons. The summed E-state index contributed by atoms with van der Waals surface area (Å²) in [5, 5.41) is 5.17. The summed E-state index contributed by atoms with van der Waals surface area (Å²) in [5.74, 6) is -2.29. The Bertz CT molecular complexity index is 1430. The van der Waals surface area contributed by atoms with E-state index in [9.17, 15) is 28.2 Å². The highest BCUT2D eigenvalue weighted by Gasteiger charge is 2.47. The fourth-order valence-electron chi connectivity index (χ4n) is 4.37. The quantitative estimate of drug-likeness (QED) is 0.259. The molecule has 3 unspecified atom stereocenters. The number of ether oxygens (including phenoxy) is 1. The molecule has 0 radical (unpaired) electrons. The Hall–Kier alpha value is -4.01. The topological polar surface area (TPSA) is 125 Å². The Kier molecular flexibility index (Phi) is 8.18. The third kappa shape index (κ3) is 6.53. The standard InChI is InChI=1S/C28H29FN3O6P/c1-17-9-14-23(22(29)15-17)30-26(33)25(18(2)19-7-5-4-6-8-19)32-27(34)24(31-28(32)35)20-10-12-21(13-11-20)38-16-39(3,36)37/h4-15,18,24-25H,16H2,1-3H3,(H,30,33)(H,31,35)(H,36,37)/t18?,24-,25?/m1/s1. The van der Waals surface area contributed by atoms with E-state index >= 15 is 0 Å². The molecular weight excluding hydrogens is 524 g/mol. The van der Waals surface area contributed by atoms with Crippen LogP contribution in [0.25, 0.3) is 0 Å². The molecule has 39 heavy (non-hydrogen) atoms. The molecule has 11 heteroatoms. The molecule has 0 bridgehead atoms. The van der Waals surface area contributed by atoms with Gasteiger partial charge in [0.25, 0.3) is 5.91 Å². The van der Waals surface area contributed by atoms with E-state index in [-0.39, 0.29) is 12.0 Å². The van der Waals surface area contributed by atoms with E-state index in [1.54, 1.807) is 56.3 Å². The molecule has 4 rings (SSSR count). The van der Waals surface area contributed by atoms with Crippen molar-refractivity contribution in [3.63, 3.8) is 0 Å². The second-order valence-corrected chi connectivity index (χ2v) is 12.0. The Labute approximate surface area is 225 Å². The lowest BCUT2D eigenvalue weighted by Crippen LogP contribution is -2.50. The van der Waals surface area contributed by atoms with Gasteiger partial charge in [-0.3, -0.25) is 14.2 Å². The van der Waals surface area contributed by atoms with Gasteiger partial charge in [0.15, 0.2) is 6.35 Å². The van der Waals surface area contributed by atoms with Gasteiger partial charge in [-0.05, 0) is 47.9 Å². The van der Waals surface area contributed by atoms with E-state index in [4.69, 9.17) is 4.74 Å². The van der Waals surface area contributed by atoms with E-state index in [1.165, 1.54) is 30.9 Å². The maximum absolute atomic E-state index is 14.6. The zero-order chi connectivity index (χ0) is 28.3. The summed E-state index contributed by atoms with van der Waals surface area (Å²) in [6.07, 6.45) is -0.366. The van der Waals surface area contributed by atoms with E-state index in [1.807, 2.05) is 6.07 Å². The molecule has 4 atom stereocenters. The minimum atomic E-state index is -3.38. The van der Waals surface area contributed by atoms with Crippen LogP contribution in [0.1, 0.15) is 35.6 Å². The molecule has 0 aliphatic carbocycles. The summed E-state index contributed by atoms with van der Waals surface area (Å²) in [6, 6.07) is 16.3. The number of nitrogens with one attached hydrogen (secondary N) is 2. The molecular formula is C28H29FN3O6P. The molecule has 3 N–H and O–H groups in total. The Balaban J connectivity index is 1.62. The summed E-state index contributed by atoms with van der Waals surface area (Å²) >= 11 is 0. The minimum Gasteiger partial charge on any atom is -0.484 e. The second-order valence-electron chi connectivity index (χ2n) is 9.60. The van der Waals surface area contributed by atoms with Crippen LogP contribution in [0.2, 0.25) is 0 Å². The van der Waals surface area contributed by atoms with Crippen molar-refractivity contribution in [2.45, 2.75) is 31.8 Å². The van der Waals surface area contributed by atoms with Gasteiger partial charge < -0.3 is 20.3 Å². The molecule has 0 spiro atoms. The molecule has 0 aromatic heterocycles. The lowest BCUT2D eigenvalue weighted by molar-refractivity contribution is -0.134. The number of halogens is 1. The van der Waals surface area contributed by atoms with Gasteiger partial charge in [-0.25, -0.2) is 14.1 Å². The van der Waals surface area contributed by atoms with Crippen LogP contribution in [0.15, 0.2) is 72.8 Å². The predicted octanol–water partition coefficient (Wildman–Crippen LogP) is 4.77. The van der Waals surface area contributed by atoms with Crippen LogP contribution in [-0.4, -0.2) is 46.7 Å². The number of amides is 4. The number of urea groups is 1. The third-order valence-electron chi connectivity index (χ3n) is 6.38. The molecule has 4 amide bonds. The highest BCUT2D eigenvalue weighted by Crippen LogP contribution is 2.36. The van der Waals surface area contributed by atoms with Crippen molar-refractivity contribution in [1.29, 1.82) is 0 Å². The fraction of sp³-hybridized carbons (Fsp3) is 0.250. The first-order valence-corrected chi connectivity index (χ1v) is 14.5. The van der Waals surface area contributed by atoms with E-state index in [0.29, 0.717) is 22.4 Å². The van der Waals surface area contributed by atoms with Crippen LogP contribution in [0.3, 0.4) is 0 Å². The van der Waals surface area contributed by atoms with Crippen LogP contribution in [0.4, 0.5) is 14.9 Å². The maximum atomic E-state index is 14.6. The Morgan fingerprint density at radius 3 is 2.41 bits per heavy atom. The van der Waals surface area contributed by atoms with Gasteiger partial charge in [0.05, 0.1) is 5.69 Å². The van der Waals surface area contributed by atoms with Gasteiger partial charge >= 0.3 is 6.03 Å². The molecule has 1 heterocycles. The van der Waals surface area contributed by atoms with Gasteiger partial charge in [-0.15, -0.1) is 0 Å². The fourth-order valence-corrected chi connectivity index (χ4v) is 4.76. The normalized spacial score (nSPS) is 18.2. The van der Waals surface area contributed by atoms with Crippen molar-refractivity contribution >= 4 is 30.9 Å². The lowest BCUT2D eigenvalue weighted by Gasteiger charge is -2.30. The van der Waals surface area contributed by atoms with Crippen molar-refractivity contribution in [2.24, 2.45) is 0 Å². The first-order chi connectivity index (χ1) is 18.4. The number of carbonyl (C=O) groups is 3. The average Bonchev–Trinajstić information content (AvgIpc) is 3.18. The van der Waals surface area contributed by atoms with Gasteiger partial charge in [-0.1, -0.05) is 55.5 Å². The summed E-state index contributed by atoms with van der Waals surface area (Å²) in [7, 11) is -3.38. The molecule has 1 aliphatic rings. The van der Waals surface area contributed by atoms with Crippen molar-refractivity contribution in [3.05, 3.63) is 95.3 Å². The third-order valence-corrected chi connectivity index (χ3v) is 6.99. The van der Waals surface area contributed by atoms with E-state index < -0.39 is 49.0 Å². The number of nitrogens with zero attached hydrogens (tertiary/aromatic N) is 1. The van der Waals surface area contributed by atoms with Crippen LogP contribution in [-0.2, 0) is 14.2 Å². The smallest absolute Gasteiger partial charge is 0.325 e. The average molecular weight is 554 g/mol. The molecule has 3 aromatic carbocycles. The van der Waals surface area contributed by atoms with Crippen LogP contribution in [0, 0.1) is 12.7 Å². The zero-order valence-corrected chi connectivity index (χ0v) is 22.5. The number of carbonyl (C=O) groups excluding carboxylic acids is 3. The maximum Gasteiger partial charge on any atom is 0.325 e. The van der Waals surface area contributed by atoms with Crippen molar-refractivity contribution in [3.8, 4) is 5.75 Å². The van der Waals surface area contributed by atoms with Crippen LogP contribution >= 0.6 is 7.37 Å². The number of anilines is 1. The monoisotopic (exact) mass is 553 g/mol. The number of aryl methyl sites for hydroxylation is 1. The highest BCUT2D eigenvalue weighted by molar-refractivity contribution is 7.56. The summed E-state index contributed by atoms with van der Waals surface area (Å²) in [6.45, 7) is 4.62. The van der Waals surface area contributed by atoms with Gasteiger partial charge in [0, 0.05) is 12.6 Å². The van der Waals surface area contributed by atoms with E-state index in [2.05, 4.69) is 10.6 Å². The van der Waals surface area contributed by atoms with Crippen molar-refractivity contribution in [1.82, 2.24) is 10.2 Å². The van der Waals surface area contributed by atoms with E-state index in [0.717, 1.165) is 4.90 Å². The Morgan fingerprint density at radius 2 is 1.79 bits per heavy atom. The first kappa shape index (κ1) is 28.0. The Morgan fingerprint density at radius 1 is 1.13 bits per heavy atom. The number of benzene rings is 3. The van der Waals surface area contributed by atoms with Gasteiger partial charge in [-0.2, -0.15) is 0 Å². The summed E-state index contributed by atoms with van der Waals surface area (Å²) in [4.78, 5) is 50.6. The van der Waals surface area contributed by atoms with Crippen LogP contribution in [0.5, 0.6) is 5.75 Å². The van der Waals surface area contributed by atoms with Crippen molar-refractivity contribution in [2.75, 3.05) is 18.3 Å². The molecule has 1 saturated heterocycles. The largest absolute Gasteiger partial charge is 0.484 e. The number of rotatable bonds is 9. The molecule has 1 aliphatic heterocycles. The second kappa shape index (κ2) is 11.4. The molecule has 0 saturated carbocycles. The lowest BCUT2D eigenvalue weighted by atomic mass is 9.91. The number of hydrogen-bond acceptors (Lipinski definition) is 5. The SMILES string of the molecule is Cc1ccc(NC(=O)C(C(C)c2ccccc2)N2C(=O)N[C@H](c3ccc(OCP(C)(=O)O)cc3)C2=O)c(F)c1. The highest BCUT2D eigenvalue weighted by atomic mass is 31.2. The predicted molar refractivity (Wildman–Crippen MR) is 144 cm³/mol. The molecule has 3 aromatic rings.